The van der Waals surface area contributed by atoms with Gasteiger partial charge in [0.05, 0.1) is 0 Å². The van der Waals surface area contributed by atoms with Gasteiger partial charge in [-0.15, -0.1) is 0 Å². The molecule has 0 spiro atoms. The van der Waals surface area contributed by atoms with Crippen molar-refractivity contribution in [3.63, 3.8) is 0 Å². The standard InChI is InChI=1S/C24H24/c1-17-4-10-20(11-5-17)23-16-24(23,21-12-6-18(2)7-13-21)22-14-8-19(3)9-15-22/h4-15,23H,16H2,1-3H3. The van der Waals surface area contributed by atoms with Gasteiger partial charge in [0, 0.05) is 5.41 Å². The number of aryl methyl sites for hydroxylation is 3. The van der Waals surface area contributed by atoms with Crippen molar-refractivity contribution in [3.8, 4) is 0 Å². The second-order valence-electron chi connectivity index (χ2n) is 7.37. The monoisotopic (exact) mass is 312 g/mol. The van der Waals surface area contributed by atoms with Gasteiger partial charge in [0.15, 0.2) is 0 Å². The smallest absolute Gasteiger partial charge is 0.0278 e. The first-order chi connectivity index (χ1) is 11.6. The number of hydrogen-bond acceptors (Lipinski definition) is 0. The van der Waals surface area contributed by atoms with Crippen molar-refractivity contribution in [3.05, 3.63) is 106 Å². The van der Waals surface area contributed by atoms with Gasteiger partial charge in [-0.05, 0) is 49.8 Å². The van der Waals surface area contributed by atoms with E-state index in [1.54, 1.807) is 0 Å². The van der Waals surface area contributed by atoms with E-state index in [0.717, 1.165) is 0 Å². The summed E-state index contributed by atoms with van der Waals surface area (Å²) in [6.07, 6.45) is 1.20. The normalized spacial score (nSPS) is 18.4. The average Bonchev–Trinajstić information content (AvgIpc) is 3.33. The Bertz CT molecular complexity index is 791. The number of hydrogen-bond donors (Lipinski definition) is 0. The molecule has 0 amide bonds. The molecular weight excluding hydrogens is 288 g/mol. The van der Waals surface area contributed by atoms with Gasteiger partial charge in [0.25, 0.3) is 0 Å². The lowest BCUT2D eigenvalue weighted by molar-refractivity contribution is 0.802. The minimum atomic E-state index is 0.136. The molecule has 3 aromatic rings. The summed E-state index contributed by atoms with van der Waals surface area (Å²) in [4.78, 5) is 0. The van der Waals surface area contributed by atoms with Crippen molar-refractivity contribution in [1.82, 2.24) is 0 Å². The zero-order valence-electron chi connectivity index (χ0n) is 14.7. The van der Waals surface area contributed by atoms with Crippen molar-refractivity contribution in [1.29, 1.82) is 0 Å². The molecule has 0 nitrogen and oxygen atoms in total. The molecule has 120 valence electrons. The Kier molecular flexibility index (Phi) is 3.57. The topological polar surface area (TPSA) is 0 Å². The molecule has 4 rings (SSSR count). The van der Waals surface area contributed by atoms with Gasteiger partial charge >= 0.3 is 0 Å². The van der Waals surface area contributed by atoms with Crippen LogP contribution in [-0.2, 0) is 5.41 Å². The van der Waals surface area contributed by atoms with Gasteiger partial charge in [-0.3, -0.25) is 0 Å². The van der Waals surface area contributed by atoms with Gasteiger partial charge in [-0.2, -0.15) is 0 Å². The van der Waals surface area contributed by atoms with Crippen LogP contribution >= 0.6 is 0 Å². The third-order valence-electron chi connectivity index (χ3n) is 5.57. The molecule has 0 aromatic heterocycles. The molecule has 0 bridgehead atoms. The Morgan fingerprint density at radius 2 is 0.958 bits per heavy atom. The highest BCUT2D eigenvalue weighted by Crippen LogP contribution is 2.64. The lowest BCUT2D eigenvalue weighted by Gasteiger charge is -2.20. The quantitative estimate of drug-likeness (QED) is 0.549. The summed E-state index contributed by atoms with van der Waals surface area (Å²) in [5.74, 6) is 0.573. The summed E-state index contributed by atoms with van der Waals surface area (Å²) in [5.41, 5.74) is 8.47. The predicted molar refractivity (Wildman–Crippen MR) is 102 cm³/mol. The van der Waals surface area contributed by atoms with E-state index in [9.17, 15) is 0 Å². The lowest BCUT2D eigenvalue weighted by Crippen LogP contribution is -2.12. The summed E-state index contributed by atoms with van der Waals surface area (Å²) >= 11 is 0. The van der Waals surface area contributed by atoms with E-state index in [-0.39, 0.29) is 5.41 Å². The third-order valence-corrected chi connectivity index (χ3v) is 5.57. The van der Waals surface area contributed by atoms with Crippen molar-refractivity contribution >= 4 is 0 Å². The van der Waals surface area contributed by atoms with Crippen LogP contribution in [0.1, 0.15) is 45.7 Å². The van der Waals surface area contributed by atoms with Gasteiger partial charge in [-0.1, -0.05) is 89.5 Å². The Morgan fingerprint density at radius 1 is 0.583 bits per heavy atom. The molecule has 0 radical (unpaired) electrons. The number of benzene rings is 3. The Balaban J connectivity index is 1.81. The van der Waals surface area contributed by atoms with E-state index in [2.05, 4.69) is 93.6 Å². The molecule has 3 aromatic carbocycles. The van der Waals surface area contributed by atoms with Crippen LogP contribution in [-0.4, -0.2) is 0 Å². The summed E-state index contributed by atoms with van der Waals surface area (Å²) in [6, 6.07) is 27.4. The molecule has 0 N–H and O–H groups in total. The van der Waals surface area contributed by atoms with Gasteiger partial charge in [-0.25, -0.2) is 0 Å². The van der Waals surface area contributed by atoms with E-state index in [4.69, 9.17) is 0 Å². The maximum atomic E-state index is 2.32. The lowest BCUT2D eigenvalue weighted by atomic mass is 9.83. The van der Waals surface area contributed by atoms with E-state index in [1.807, 2.05) is 0 Å². The van der Waals surface area contributed by atoms with E-state index in [1.165, 1.54) is 39.8 Å². The molecule has 0 heterocycles. The molecule has 1 fully saturated rings. The van der Waals surface area contributed by atoms with Crippen molar-refractivity contribution in [2.24, 2.45) is 0 Å². The molecule has 0 heteroatoms. The summed E-state index contributed by atoms with van der Waals surface area (Å²) in [5, 5.41) is 0. The summed E-state index contributed by atoms with van der Waals surface area (Å²) in [7, 11) is 0. The highest BCUT2D eigenvalue weighted by atomic mass is 14.6. The number of rotatable bonds is 3. The fraction of sp³-hybridized carbons (Fsp3) is 0.250. The maximum Gasteiger partial charge on any atom is 0.0278 e. The molecule has 24 heavy (non-hydrogen) atoms. The molecule has 1 unspecified atom stereocenters. The zero-order valence-corrected chi connectivity index (χ0v) is 14.7. The van der Waals surface area contributed by atoms with E-state index < -0.39 is 0 Å². The first kappa shape index (κ1) is 15.2. The van der Waals surface area contributed by atoms with Crippen LogP contribution in [0.25, 0.3) is 0 Å². The summed E-state index contributed by atoms with van der Waals surface area (Å²) in [6.45, 7) is 6.48. The Hall–Kier alpha value is -2.34. The molecule has 1 aliphatic rings. The molecule has 1 atom stereocenters. The summed E-state index contributed by atoms with van der Waals surface area (Å²) < 4.78 is 0. The first-order valence-corrected chi connectivity index (χ1v) is 8.80. The zero-order chi connectivity index (χ0) is 16.7. The molecule has 0 aliphatic heterocycles. The Morgan fingerprint density at radius 3 is 1.38 bits per heavy atom. The highest BCUT2D eigenvalue weighted by Gasteiger charge is 2.56. The van der Waals surface area contributed by atoms with E-state index in [0.29, 0.717) is 5.92 Å². The molecule has 1 saturated carbocycles. The highest BCUT2D eigenvalue weighted by molar-refractivity contribution is 5.54. The predicted octanol–water partition coefficient (Wildman–Crippen LogP) is 6.09. The van der Waals surface area contributed by atoms with Gasteiger partial charge < -0.3 is 0 Å². The second kappa shape index (κ2) is 5.63. The average molecular weight is 312 g/mol. The second-order valence-corrected chi connectivity index (χ2v) is 7.37. The van der Waals surface area contributed by atoms with Crippen LogP contribution < -0.4 is 0 Å². The maximum absolute atomic E-state index is 2.32. The van der Waals surface area contributed by atoms with Gasteiger partial charge in [0.2, 0.25) is 0 Å². The van der Waals surface area contributed by atoms with Crippen molar-refractivity contribution < 1.29 is 0 Å². The van der Waals surface area contributed by atoms with Gasteiger partial charge in [0.1, 0.15) is 0 Å². The van der Waals surface area contributed by atoms with Crippen LogP contribution in [0.15, 0.2) is 72.8 Å². The molecule has 1 aliphatic carbocycles. The van der Waals surface area contributed by atoms with Crippen LogP contribution in [0, 0.1) is 20.8 Å². The van der Waals surface area contributed by atoms with Crippen LogP contribution in [0.3, 0.4) is 0 Å². The SMILES string of the molecule is Cc1ccc(C2CC2(c2ccc(C)cc2)c2ccc(C)cc2)cc1. The molecule has 0 saturated heterocycles. The molecular formula is C24H24. The first-order valence-electron chi connectivity index (χ1n) is 8.80. The largest absolute Gasteiger partial charge is 0.0590 e. The third kappa shape index (κ3) is 2.47. The fourth-order valence-corrected chi connectivity index (χ4v) is 3.97. The minimum Gasteiger partial charge on any atom is -0.0590 e. The Labute approximate surface area is 145 Å². The van der Waals surface area contributed by atoms with Crippen LogP contribution in [0.4, 0.5) is 0 Å². The van der Waals surface area contributed by atoms with Crippen molar-refractivity contribution in [2.45, 2.75) is 38.5 Å². The fourth-order valence-electron chi connectivity index (χ4n) is 3.97. The van der Waals surface area contributed by atoms with Crippen LogP contribution in [0.2, 0.25) is 0 Å². The van der Waals surface area contributed by atoms with Crippen LogP contribution in [0.5, 0.6) is 0 Å². The van der Waals surface area contributed by atoms with Crippen molar-refractivity contribution in [2.75, 3.05) is 0 Å². The minimum absolute atomic E-state index is 0.136. The van der Waals surface area contributed by atoms with E-state index >= 15 is 0 Å².